The quantitative estimate of drug-likeness (QED) is 0.525. The van der Waals surface area contributed by atoms with Crippen LogP contribution in [0.5, 0.6) is 0 Å². The summed E-state index contributed by atoms with van der Waals surface area (Å²) in [4.78, 5) is 0. The highest BCUT2D eigenvalue weighted by molar-refractivity contribution is 4.96. The maximum atomic E-state index is 8.75. The molecule has 0 aromatic heterocycles. The van der Waals surface area contributed by atoms with E-state index in [1.165, 1.54) is 12.5 Å². The fourth-order valence-electron chi connectivity index (χ4n) is 0.307. The summed E-state index contributed by atoms with van der Waals surface area (Å²) in [7, 11) is 0. The third kappa shape index (κ3) is 2.77. The third-order valence-corrected chi connectivity index (χ3v) is 0.905. The SMILES string of the molecule is C=C[CH]C(O)(O)CC. The lowest BCUT2D eigenvalue weighted by Crippen LogP contribution is -2.26. The minimum Gasteiger partial charge on any atom is -0.365 e. The summed E-state index contributed by atoms with van der Waals surface area (Å²) in [5.74, 6) is -1.65. The average Bonchev–Trinajstić information content (AvgIpc) is 1.67. The van der Waals surface area contributed by atoms with E-state index in [-0.39, 0.29) is 0 Å². The van der Waals surface area contributed by atoms with Crippen LogP contribution < -0.4 is 0 Å². The Hall–Kier alpha value is -0.340. The van der Waals surface area contributed by atoms with Gasteiger partial charge in [-0.1, -0.05) is 13.0 Å². The smallest absolute Gasteiger partial charge is 0.169 e. The molecule has 0 saturated carbocycles. The Morgan fingerprint density at radius 2 is 2.12 bits per heavy atom. The van der Waals surface area contributed by atoms with E-state index < -0.39 is 5.79 Å². The van der Waals surface area contributed by atoms with Crippen LogP contribution in [0.1, 0.15) is 13.3 Å². The molecule has 0 unspecified atom stereocenters. The first-order valence-corrected chi connectivity index (χ1v) is 2.54. The summed E-state index contributed by atoms with van der Waals surface area (Å²) in [6.45, 7) is 5.00. The number of hydrogen-bond donors (Lipinski definition) is 2. The molecule has 8 heavy (non-hydrogen) atoms. The molecule has 0 atom stereocenters. The molecule has 0 heterocycles. The standard InChI is InChI=1S/C6H11O2/c1-3-5-6(7,8)4-2/h3,5,7-8H,1,4H2,2H3. The van der Waals surface area contributed by atoms with Crippen molar-refractivity contribution >= 4 is 0 Å². The predicted octanol–water partition coefficient (Wildman–Crippen LogP) is 0.468. The zero-order valence-corrected chi connectivity index (χ0v) is 4.96. The van der Waals surface area contributed by atoms with E-state index in [4.69, 9.17) is 10.2 Å². The Balaban J connectivity index is 3.53. The van der Waals surface area contributed by atoms with Crippen LogP contribution in [0.2, 0.25) is 0 Å². The van der Waals surface area contributed by atoms with Crippen molar-refractivity contribution in [3.8, 4) is 0 Å². The molecule has 2 N–H and O–H groups in total. The summed E-state index contributed by atoms with van der Waals surface area (Å²) >= 11 is 0. The van der Waals surface area contributed by atoms with Gasteiger partial charge in [0.05, 0.1) is 0 Å². The second-order valence-electron chi connectivity index (χ2n) is 1.63. The second kappa shape index (κ2) is 2.84. The van der Waals surface area contributed by atoms with Gasteiger partial charge >= 0.3 is 0 Å². The second-order valence-corrected chi connectivity index (χ2v) is 1.63. The Labute approximate surface area is 49.5 Å². The van der Waals surface area contributed by atoms with Crippen molar-refractivity contribution in [2.45, 2.75) is 19.1 Å². The van der Waals surface area contributed by atoms with Crippen LogP contribution in [-0.4, -0.2) is 16.0 Å². The first-order chi connectivity index (χ1) is 3.62. The van der Waals surface area contributed by atoms with Gasteiger partial charge in [0, 0.05) is 6.42 Å². The Kier molecular flexibility index (Phi) is 2.72. The van der Waals surface area contributed by atoms with Crippen molar-refractivity contribution in [2.75, 3.05) is 0 Å². The lowest BCUT2D eigenvalue weighted by molar-refractivity contribution is -0.130. The fourth-order valence-corrected chi connectivity index (χ4v) is 0.307. The van der Waals surface area contributed by atoms with Crippen molar-refractivity contribution in [2.24, 2.45) is 0 Å². The topological polar surface area (TPSA) is 40.5 Å². The highest BCUT2D eigenvalue weighted by Gasteiger charge is 2.16. The van der Waals surface area contributed by atoms with Gasteiger partial charge in [-0.15, -0.1) is 6.58 Å². The Bertz CT molecular complexity index is 76.6. The van der Waals surface area contributed by atoms with Crippen LogP contribution in [0.3, 0.4) is 0 Å². The molecule has 2 nitrogen and oxygen atoms in total. The zero-order chi connectivity index (χ0) is 6.62. The van der Waals surface area contributed by atoms with Crippen LogP contribution >= 0.6 is 0 Å². The molecule has 0 amide bonds. The zero-order valence-electron chi connectivity index (χ0n) is 4.96. The molecule has 1 radical (unpaired) electrons. The highest BCUT2D eigenvalue weighted by Crippen LogP contribution is 2.08. The molecule has 47 valence electrons. The number of aliphatic hydroxyl groups is 2. The summed E-state index contributed by atoms with van der Waals surface area (Å²) < 4.78 is 0. The van der Waals surface area contributed by atoms with E-state index in [0.29, 0.717) is 6.42 Å². The Morgan fingerprint density at radius 1 is 1.62 bits per heavy atom. The molecule has 0 aromatic carbocycles. The number of hydrogen-bond acceptors (Lipinski definition) is 2. The summed E-state index contributed by atoms with van der Waals surface area (Å²) in [5, 5.41) is 17.5. The molecule has 2 heteroatoms. The molecule has 0 fully saturated rings. The van der Waals surface area contributed by atoms with E-state index in [2.05, 4.69) is 6.58 Å². The largest absolute Gasteiger partial charge is 0.365 e. The van der Waals surface area contributed by atoms with Gasteiger partial charge in [0.15, 0.2) is 5.79 Å². The monoisotopic (exact) mass is 115 g/mol. The van der Waals surface area contributed by atoms with Crippen LogP contribution in [-0.2, 0) is 0 Å². The molecule has 0 aliphatic carbocycles. The van der Waals surface area contributed by atoms with Crippen LogP contribution in [0, 0.1) is 6.42 Å². The van der Waals surface area contributed by atoms with E-state index >= 15 is 0 Å². The van der Waals surface area contributed by atoms with Crippen molar-refractivity contribution in [1.82, 2.24) is 0 Å². The normalized spacial score (nSPS) is 11.4. The lowest BCUT2D eigenvalue weighted by Gasteiger charge is -2.15. The maximum Gasteiger partial charge on any atom is 0.169 e. The van der Waals surface area contributed by atoms with Gasteiger partial charge < -0.3 is 10.2 Å². The van der Waals surface area contributed by atoms with Crippen molar-refractivity contribution in [3.05, 3.63) is 19.1 Å². The van der Waals surface area contributed by atoms with E-state index in [9.17, 15) is 0 Å². The molecule has 0 aliphatic rings. The summed E-state index contributed by atoms with van der Waals surface area (Å²) in [6, 6.07) is 0. The van der Waals surface area contributed by atoms with Crippen molar-refractivity contribution < 1.29 is 10.2 Å². The molecular weight excluding hydrogens is 104 g/mol. The maximum absolute atomic E-state index is 8.75. The summed E-state index contributed by atoms with van der Waals surface area (Å²) in [5.41, 5.74) is 0. The molecule has 0 aromatic rings. The van der Waals surface area contributed by atoms with Gasteiger partial charge in [0.25, 0.3) is 0 Å². The van der Waals surface area contributed by atoms with Crippen LogP contribution in [0.25, 0.3) is 0 Å². The van der Waals surface area contributed by atoms with Gasteiger partial charge in [-0.3, -0.25) is 0 Å². The lowest BCUT2D eigenvalue weighted by atomic mass is 10.1. The highest BCUT2D eigenvalue weighted by atomic mass is 16.5. The van der Waals surface area contributed by atoms with Gasteiger partial charge in [0.2, 0.25) is 0 Å². The minimum atomic E-state index is -1.65. The van der Waals surface area contributed by atoms with Gasteiger partial charge in [-0.05, 0) is 6.42 Å². The minimum absolute atomic E-state index is 0.291. The molecule has 0 bridgehead atoms. The summed E-state index contributed by atoms with van der Waals surface area (Å²) in [6.07, 6.45) is 2.90. The predicted molar refractivity (Wildman–Crippen MR) is 32.0 cm³/mol. The fraction of sp³-hybridized carbons (Fsp3) is 0.500. The van der Waals surface area contributed by atoms with Crippen molar-refractivity contribution in [1.29, 1.82) is 0 Å². The van der Waals surface area contributed by atoms with Crippen molar-refractivity contribution in [3.63, 3.8) is 0 Å². The molecule has 0 rings (SSSR count). The van der Waals surface area contributed by atoms with E-state index in [1.54, 1.807) is 6.92 Å². The van der Waals surface area contributed by atoms with E-state index in [0.717, 1.165) is 0 Å². The van der Waals surface area contributed by atoms with Crippen LogP contribution in [0.4, 0.5) is 0 Å². The van der Waals surface area contributed by atoms with Gasteiger partial charge in [0.1, 0.15) is 0 Å². The molecule has 0 spiro atoms. The number of rotatable bonds is 3. The van der Waals surface area contributed by atoms with Gasteiger partial charge in [-0.25, -0.2) is 0 Å². The molecule has 0 saturated heterocycles. The molecular formula is C6H11O2. The van der Waals surface area contributed by atoms with Crippen LogP contribution in [0.15, 0.2) is 12.7 Å². The first-order valence-electron chi connectivity index (χ1n) is 2.54. The first kappa shape index (κ1) is 7.66. The molecule has 0 aliphatic heterocycles. The average molecular weight is 115 g/mol. The van der Waals surface area contributed by atoms with Gasteiger partial charge in [-0.2, -0.15) is 0 Å². The Morgan fingerprint density at radius 3 is 2.25 bits per heavy atom. The van der Waals surface area contributed by atoms with E-state index in [1.807, 2.05) is 0 Å². The third-order valence-electron chi connectivity index (χ3n) is 0.905.